The molecule has 1 aliphatic heterocycles. The Morgan fingerprint density at radius 1 is 1.25 bits per heavy atom. The van der Waals surface area contributed by atoms with E-state index >= 15 is 0 Å². The topological polar surface area (TPSA) is 68.5 Å². The Kier molecular flexibility index (Phi) is 4.81. The lowest BCUT2D eigenvalue weighted by atomic mass is 10.1. The van der Waals surface area contributed by atoms with Crippen molar-refractivity contribution in [3.05, 3.63) is 65.8 Å². The molecule has 1 fully saturated rings. The van der Waals surface area contributed by atoms with Crippen molar-refractivity contribution in [3.63, 3.8) is 0 Å². The molecule has 6 nitrogen and oxygen atoms in total. The van der Waals surface area contributed by atoms with Gasteiger partial charge in [-0.1, -0.05) is 29.4 Å². The number of likely N-dealkylation sites (tertiary alicyclic amines) is 1. The maximum Gasteiger partial charge on any atom is 0.232 e. The molecule has 2 unspecified atom stereocenters. The Hall–Kier alpha value is -3.22. The second-order valence-electron chi connectivity index (χ2n) is 6.86. The molecule has 3 aromatic rings. The van der Waals surface area contributed by atoms with Gasteiger partial charge in [-0.3, -0.25) is 4.79 Å². The van der Waals surface area contributed by atoms with Crippen LogP contribution in [-0.2, 0) is 4.79 Å². The number of carbonyl (C=O) groups excluding carboxylic acids is 1. The lowest BCUT2D eigenvalue weighted by Gasteiger charge is -2.25. The van der Waals surface area contributed by atoms with Gasteiger partial charge in [-0.25, -0.2) is 4.39 Å². The summed E-state index contributed by atoms with van der Waals surface area (Å²) in [6.07, 6.45) is 0.311. The van der Waals surface area contributed by atoms with E-state index in [9.17, 15) is 9.18 Å². The van der Waals surface area contributed by atoms with Gasteiger partial charge in [0.15, 0.2) is 0 Å². The third-order valence-electron chi connectivity index (χ3n) is 5.10. The minimum Gasteiger partial charge on any atom is -0.497 e. The first kappa shape index (κ1) is 18.2. The second-order valence-corrected chi connectivity index (χ2v) is 6.86. The number of amides is 1. The maximum absolute atomic E-state index is 13.2. The van der Waals surface area contributed by atoms with Crippen LogP contribution in [0.3, 0.4) is 0 Å². The maximum atomic E-state index is 13.2. The molecular formula is C21H20FN3O3. The van der Waals surface area contributed by atoms with Crippen molar-refractivity contribution in [1.82, 2.24) is 15.0 Å². The predicted octanol–water partition coefficient (Wildman–Crippen LogP) is 3.96. The van der Waals surface area contributed by atoms with Crippen molar-refractivity contribution in [2.75, 3.05) is 13.7 Å². The largest absolute Gasteiger partial charge is 0.497 e. The Morgan fingerprint density at radius 2 is 2.04 bits per heavy atom. The molecule has 1 amide bonds. The molecule has 2 atom stereocenters. The first-order chi connectivity index (χ1) is 13.5. The van der Waals surface area contributed by atoms with E-state index < -0.39 is 0 Å². The highest BCUT2D eigenvalue weighted by Gasteiger charge is 2.37. The van der Waals surface area contributed by atoms with Gasteiger partial charge in [-0.2, -0.15) is 4.98 Å². The Bertz CT molecular complexity index is 987. The molecular weight excluding hydrogens is 361 g/mol. The molecule has 2 aromatic carbocycles. The van der Waals surface area contributed by atoms with Crippen molar-refractivity contribution in [2.24, 2.45) is 0 Å². The van der Waals surface area contributed by atoms with Gasteiger partial charge in [0.2, 0.25) is 17.6 Å². The van der Waals surface area contributed by atoms with Crippen LogP contribution in [0.2, 0.25) is 0 Å². The summed E-state index contributed by atoms with van der Waals surface area (Å²) in [5, 5.41) is 4.06. The molecule has 0 saturated carbocycles. The van der Waals surface area contributed by atoms with Crippen LogP contribution in [0, 0.1) is 5.82 Å². The van der Waals surface area contributed by atoms with E-state index in [0.29, 0.717) is 30.4 Å². The van der Waals surface area contributed by atoms with Crippen molar-refractivity contribution >= 4 is 5.91 Å². The first-order valence-electron chi connectivity index (χ1n) is 9.08. The summed E-state index contributed by atoms with van der Waals surface area (Å²) in [7, 11) is 1.60. The third kappa shape index (κ3) is 3.47. The van der Waals surface area contributed by atoms with E-state index in [1.54, 1.807) is 24.1 Å². The SMILES string of the molecule is COc1cccc(-c2noc(C3CC(=O)N(C(C)c4ccc(F)cc4)C3)n2)c1. The second kappa shape index (κ2) is 7.42. The number of rotatable bonds is 5. The number of hydrogen-bond acceptors (Lipinski definition) is 5. The number of methoxy groups -OCH3 is 1. The van der Waals surface area contributed by atoms with Crippen LogP contribution >= 0.6 is 0 Å². The molecule has 1 saturated heterocycles. The van der Waals surface area contributed by atoms with E-state index in [1.807, 2.05) is 31.2 Å². The minimum absolute atomic E-state index is 0.0166. The number of benzene rings is 2. The lowest BCUT2D eigenvalue weighted by Crippen LogP contribution is -2.28. The summed E-state index contributed by atoms with van der Waals surface area (Å²) < 4.78 is 23.8. The third-order valence-corrected chi connectivity index (χ3v) is 5.10. The highest BCUT2D eigenvalue weighted by Crippen LogP contribution is 2.34. The molecule has 0 spiro atoms. The monoisotopic (exact) mass is 381 g/mol. The zero-order chi connectivity index (χ0) is 19.7. The summed E-state index contributed by atoms with van der Waals surface area (Å²) in [4.78, 5) is 18.8. The normalized spacial score (nSPS) is 17.8. The Morgan fingerprint density at radius 3 is 2.79 bits per heavy atom. The van der Waals surface area contributed by atoms with E-state index in [2.05, 4.69) is 10.1 Å². The van der Waals surface area contributed by atoms with Crippen LogP contribution in [-0.4, -0.2) is 34.6 Å². The van der Waals surface area contributed by atoms with Crippen molar-refractivity contribution in [3.8, 4) is 17.1 Å². The zero-order valence-corrected chi connectivity index (χ0v) is 15.6. The lowest BCUT2D eigenvalue weighted by molar-refractivity contribution is -0.129. The molecule has 4 rings (SSSR count). The summed E-state index contributed by atoms with van der Waals surface area (Å²) in [5.41, 5.74) is 1.67. The number of halogens is 1. The predicted molar refractivity (Wildman–Crippen MR) is 100 cm³/mol. The van der Waals surface area contributed by atoms with Crippen LogP contribution in [0.15, 0.2) is 53.1 Å². The fourth-order valence-electron chi connectivity index (χ4n) is 3.47. The molecule has 0 radical (unpaired) electrons. The van der Waals surface area contributed by atoms with Gasteiger partial charge in [-0.15, -0.1) is 0 Å². The first-order valence-corrected chi connectivity index (χ1v) is 9.08. The molecule has 2 heterocycles. The highest BCUT2D eigenvalue weighted by atomic mass is 19.1. The van der Waals surface area contributed by atoms with Crippen molar-refractivity contribution < 1.29 is 18.4 Å². The van der Waals surface area contributed by atoms with E-state index in [4.69, 9.17) is 9.26 Å². The number of nitrogens with zero attached hydrogens (tertiary/aromatic N) is 3. The van der Waals surface area contributed by atoms with Gasteiger partial charge < -0.3 is 14.2 Å². The molecule has 28 heavy (non-hydrogen) atoms. The van der Waals surface area contributed by atoms with Gasteiger partial charge in [0.1, 0.15) is 11.6 Å². The molecule has 0 aliphatic carbocycles. The number of hydrogen-bond donors (Lipinski definition) is 0. The van der Waals surface area contributed by atoms with Crippen LogP contribution in [0.25, 0.3) is 11.4 Å². The Labute approximate surface area is 161 Å². The van der Waals surface area contributed by atoms with E-state index in [0.717, 1.165) is 11.1 Å². The van der Waals surface area contributed by atoms with E-state index in [1.165, 1.54) is 12.1 Å². The van der Waals surface area contributed by atoms with Crippen LogP contribution in [0.1, 0.15) is 36.8 Å². The average molecular weight is 381 g/mol. The van der Waals surface area contributed by atoms with Gasteiger partial charge in [0.05, 0.1) is 19.1 Å². The quantitative estimate of drug-likeness (QED) is 0.669. The van der Waals surface area contributed by atoms with E-state index in [-0.39, 0.29) is 23.7 Å². The van der Waals surface area contributed by atoms with Crippen molar-refractivity contribution in [1.29, 1.82) is 0 Å². The summed E-state index contributed by atoms with van der Waals surface area (Å²) in [6, 6.07) is 13.5. The highest BCUT2D eigenvalue weighted by molar-refractivity contribution is 5.80. The van der Waals surface area contributed by atoms with Crippen LogP contribution in [0.5, 0.6) is 5.75 Å². The minimum atomic E-state index is -0.294. The van der Waals surface area contributed by atoms with Gasteiger partial charge in [0.25, 0.3) is 0 Å². The molecule has 144 valence electrons. The van der Waals surface area contributed by atoms with Gasteiger partial charge >= 0.3 is 0 Å². The Balaban J connectivity index is 1.51. The van der Waals surface area contributed by atoms with Gasteiger partial charge in [0, 0.05) is 18.5 Å². The fraction of sp³-hybridized carbons (Fsp3) is 0.286. The number of carbonyl (C=O) groups is 1. The van der Waals surface area contributed by atoms with Crippen LogP contribution < -0.4 is 4.74 Å². The molecule has 1 aromatic heterocycles. The standard InChI is InChI=1S/C21H20FN3O3/c1-13(14-6-8-17(22)9-7-14)25-12-16(11-19(25)26)21-23-20(24-28-21)15-4-3-5-18(10-15)27-2/h3-10,13,16H,11-12H2,1-2H3. The zero-order valence-electron chi connectivity index (χ0n) is 15.6. The van der Waals surface area contributed by atoms with Crippen LogP contribution in [0.4, 0.5) is 4.39 Å². The smallest absolute Gasteiger partial charge is 0.232 e. The molecule has 7 heteroatoms. The fourth-order valence-corrected chi connectivity index (χ4v) is 3.47. The summed E-state index contributed by atoms with van der Waals surface area (Å²) in [5.74, 6) is 1.17. The average Bonchev–Trinajstić information content (AvgIpc) is 3.35. The summed E-state index contributed by atoms with van der Waals surface area (Å²) >= 11 is 0. The molecule has 0 N–H and O–H groups in total. The van der Waals surface area contributed by atoms with Gasteiger partial charge in [-0.05, 0) is 36.8 Å². The molecule has 0 bridgehead atoms. The van der Waals surface area contributed by atoms with Crippen molar-refractivity contribution in [2.45, 2.75) is 25.3 Å². The number of ether oxygens (including phenoxy) is 1. The molecule has 1 aliphatic rings. The summed E-state index contributed by atoms with van der Waals surface area (Å²) in [6.45, 7) is 2.42. The number of aromatic nitrogens is 2.